The third-order valence-corrected chi connectivity index (χ3v) is 4.80. The highest BCUT2D eigenvalue weighted by Crippen LogP contribution is 2.40. The van der Waals surface area contributed by atoms with Gasteiger partial charge in [-0.1, -0.05) is 6.92 Å². The maximum Gasteiger partial charge on any atom is 0.0645 e. The molecule has 1 heterocycles. The second-order valence-electron chi connectivity index (χ2n) is 6.63. The van der Waals surface area contributed by atoms with E-state index >= 15 is 0 Å². The Morgan fingerprint density at radius 2 is 1.94 bits per heavy atom. The number of hydrogen-bond acceptors (Lipinski definition) is 3. The number of nitrogens with two attached hydrogens (primary N) is 1. The van der Waals surface area contributed by atoms with E-state index in [1.54, 1.807) is 0 Å². The van der Waals surface area contributed by atoms with Crippen molar-refractivity contribution >= 4 is 0 Å². The predicted octanol–water partition coefficient (Wildman–Crippen LogP) is 2.00. The molecule has 2 rings (SSSR count). The fraction of sp³-hybridized carbons (Fsp3) is 1.00. The molecule has 0 aromatic rings. The molecule has 2 fully saturated rings. The monoisotopic (exact) mass is 240 g/mol. The first-order valence-corrected chi connectivity index (χ1v) is 7.06. The number of rotatable bonds is 2. The van der Waals surface area contributed by atoms with E-state index in [0.29, 0.717) is 0 Å². The summed E-state index contributed by atoms with van der Waals surface area (Å²) in [6, 6.07) is 0. The second kappa shape index (κ2) is 4.87. The summed E-state index contributed by atoms with van der Waals surface area (Å²) in [5.41, 5.74) is 6.53. The number of nitrogens with zero attached hydrogens (tertiary/aromatic N) is 1. The molecule has 1 saturated carbocycles. The summed E-state index contributed by atoms with van der Waals surface area (Å²) in [7, 11) is 0. The summed E-state index contributed by atoms with van der Waals surface area (Å²) in [6.45, 7) is 10.5. The fourth-order valence-corrected chi connectivity index (χ4v) is 3.62. The lowest BCUT2D eigenvalue weighted by Gasteiger charge is -2.55. The van der Waals surface area contributed by atoms with Crippen molar-refractivity contribution in [3.05, 3.63) is 0 Å². The third-order valence-electron chi connectivity index (χ3n) is 4.80. The highest BCUT2D eigenvalue weighted by Gasteiger charge is 2.45. The molecule has 3 heteroatoms. The van der Waals surface area contributed by atoms with Gasteiger partial charge in [-0.3, -0.25) is 4.90 Å². The van der Waals surface area contributed by atoms with Crippen LogP contribution in [-0.4, -0.2) is 42.3 Å². The van der Waals surface area contributed by atoms with E-state index in [4.69, 9.17) is 10.5 Å². The SMILES string of the molecule is CC1CCC(CN)(N2CCOCC2(C)C)CC1. The summed E-state index contributed by atoms with van der Waals surface area (Å²) < 4.78 is 5.63. The van der Waals surface area contributed by atoms with Gasteiger partial charge in [-0.15, -0.1) is 0 Å². The molecule has 17 heavy (non-hydrogen) atoms. The van der Waals surface area contributed by atoms with Gasteiger partial charge in [-0.05, 0) is 45.4 Å². The van der Waals surface area contributed by atoms with Crippen LogP contribution >= 0.6 is 0 Å². The average molecular weight is 240 g/mol. The van der Waals surface area contributed by atoms with Crippen molar-refractivity contribution < 1.29 is 4.74 Å². The van der Waals surface area contributed by atoms with E-state index < -0.39 is 0 Å². The molecule has 1 aliphatic heterocycles. The molecule has 0 aromatic carbocycles. The van der Waals surface area contributed by atoms with Gasteiger partial charge >= 0.3 is 0 Å². The molecular formula is C14H28N2O. The van der Waals surface area contributed by atoms with E-state index in [-0.39, 0.29) is 11.1 Å². The van der Waals surface area contributed by atoms with Crippen LogP contribution in [0.4, 0.5) is 0 Å². The van der Waals surface area contributed by atoms with Crippen molar-refractivity contribution in [3.8, 4) is 0 Å². The van der Waals surface area contributed by atoms with Crippen molar-refractivity contribution in [1.82, 2.24) is 4.90 Å². The van der Waals surface area contributed by atoms with Gasteiger partial charge in [0, 0.05) is 24.2 Å². The number of hydrogen-bond donors (Lipinski definition) is 1. The van der Waals surface area contributed by atoms with Crippen LogP contribution in [0.3, 0.4) is 0 Å². The Hall–Kier alpha value is -0.120. The van der Waals surface area contributed by atoms with Gasteiger partial charge in [0.2, 0.25) is 0 Å². The van der Waals surface area contributed by atoms with Crippen LogP contribution in [-0.2, 0) is 4.74 Å². The normalized spacial score (nSPS) is 39.2. The molecule has 3 nitrogen and oxygen atoms in total. The summed E-state index contributed by atoms with van der Waals surface area (Å²) in [5.74, 6) is 0.874. The fourth-order valence-electron chi connectivity index (χ4n) is 3.62. The minimum absolute atomic E-state index is 0.137. The van der Waals surface area contributed by atoms with E-state index in [0.717, 1.165) is 32.2 Å². The molecule has 0 unspecified atom stereocenters. The van der Waals surface area contributed by atoms with E-state index in [1.807, 2.05) is 0 Å². The van der Waals surface area contributed by atoms with E-state index in [9.17, 15) is 0 Å². The van der Waals surface area contributed by atoms with Crippen LogP contribution in [0, 0.1) is 5.92 Å². The van der Waals surface area contributed by atoms with Crippen molar-refractivity contribution in [1.29, 1.82) is 0 Å². The molecule has 100 valence electrons. The maximum absolute atomic E-state index is 6.15. The van der Waals surface area contributed by atoms with Crippen molar-refractivity contribution in [2.75, 3.05) is 26.3 Å². The Morgan fingerprint density at radius 3 is 2.47 bits per heavy atom. The second-order valence-corrected chi connectivity index (χ2v) is 6.63. The molecular weight excluding hydrogens is 212 g/mol. The first-order valence-electron chi connectivity index (χ1n) is 7.06. The highest BCUT2D eigenvalue weighted by molar-refractivity contribution is 5.02. The van der Waals surface area contributed by atoms with Gasteiger partial charge in [0.25, 0.3) is 0 Å². The molecule has 0 spiro atoms. The molecule has 0 atom stereocenters. The topological polar surface area (TPSA) is 38.5 Å². The lowest BCUT2D eigenvalue weighted by Crippen LogP contribution is -2.66. The summed E-state index contributed by atoms with van der Waals surface area (Å²) >= 11 is 0. The molecule has 2 N–H and O–H groups in total. The Kier molecular flexibility index (Phi) is 3.81. The zero-order valence-electron chi connectivity index (χ0n) is 11.7. The van der Waals surface area contributed by atoms with Crippen molar-refractivity contribution in [2.24, 2.45) is 11.7 Å². The zero-order chi connectivity index (χ0) is 12.5. The summed E-state index contributed by atoms with van der Waals surface area (Å²) in [4.78, 5) is 2.65. The molecule has 0 aromatic heterocycles. The van der Waals surface area contributed by atoms with Crippen molar-refractivity contribution in [2.45, 2.75) is 57.5 Å². The Labute approximate surface area is 106 Å². The van der Waals surface area contributed by atoms with Gasteiger partial charge in [0.1, 0.15) is 0 Å². The van der Waals surface area contributed by atoms with E-state index in [2.05, 4.69) is 25.7 Å². The van der Waals surface area contributed by atoms with Crippen LogP contribution in [0.25, 0.3) is 0 Å². The largest absolute Gasteiger partial charge is 0.378 e. The van der Waals surface area contributed by atoms with Gasteiger partial charge in [-0.25, -0.2) is 0 Å². The molecule has 0 amide bonds. The smallest absolute Gasteiger partial charge is 0.0645 e. The van der Waals surface area contributed by atoms with Crippen LogP contribution in [0.15, 0.2) is 0 Å². The Morgan fingerprint density at radius 1 is 1.29 bits per heavy atom. The lowest BCUT2D eigenvalue weighted by atomic mass is 9.74. The molecule has 0 radical (unpaired) electrons. The summed E-state index contributed by atoms with van der Waals surface area (Å²) in [6.07, 6.45) is 5.16. The maximum atomic E-state index is 6.15. The Balaban J connectivity index is 2.16. The molecule has 1 saturated heterocycles. The van der Waals surface area contributed by atoms with Gasteiger partial charge in [-0.2, -0.15) is 0 Å². The predicted molar refractivity (Wildman–Crippen MR) is 71.0 cm³/mol. The quantitative estimate of drug-likeness (QED) is 0.802. The summed E-state index contributed by atoms with van der Waals surface area (Å²) in [5, 5.41) is 0. The van der Waals surface area contributed by atoms with Crippen LogP contribution in [0.2, 0.25) is 0 Å². The average Bonchev–Trinajstić information content (AvgIpc) is 2.31. The van der Waals surface area contributed by atoms with Gasteiger partial charge in [0.05, 0.1) is 13.2 Å². The van der Waals surface area contributed by atoms with Gasteiger partial charge < -0.3 is 10.5 Å². The Bertz CT molecular complexity index is 257. The first-order chi connectivity index (χ1) is 8.00. The van der Waals surface area contributed by atoms with E-state index in [1.165, 1.54) is 25.7 Å². The lowest BCUT2D eigenvalue weighted by molar-refractivity contribution is -0.116. The van der Waals surface area contributed by atoms with Crippen molar-refractivity contribution in [3.63, 3.8) is 0 Å². The molecule has 1 aliphatic carbocycles. The zero-order valence-corrected chi connectivity index (χ0v) is 11.7. The molecule has 2 aliphatic rings. The van der Waals surface area contributed by atoms with Crippen LogP contribution < -0.4 is 5.73 Å². The first kappa shape index (κ1) is 13.3. The highest BCUT2D eigenvalue weighted by atomic mass is 16.5. The molecule has 0 bridgehead atoms. The minimum atomic E-state index is 0.137. The van der Waals surface area contributed by atoms with Crippen LogP contribution in [0.5, 0.6) is 0 Å². The van der Waals surface area contributed by atoms with Crippen LogP contribution in [0.1, 0.15) is 46.5 Å². The number of morpholine rings is 1. The minimum Gasteiger partial charge on any atom is -0.378 e. The number of ether oxygens (including phenoxy) is 1. The van der Waals surface area contributed by atoms with Gasteiger partial charge in [0.15, 0.2) is 0 Å². The third kappa shape index (κ3) is 2.51. The standard InChI is InChI=1S/C14H28N2O/c1-12-4-6-14(10-15,7-5-12)16-8-9-17-11-13(16,2)3/h12H,4-11,15H2,1-3H3.